The Kier molecular flexibility index (Phi) is 6.81. The maximum atomic E-state index is 3.47. The molecule has 2 heteroatoms. The Bertz CT molecular complexity index is 330. The lowest BCUT2D eigenvalue weighted by molar-refractivity contribution is 0.597. The number of rotatable bonds is 8. The molecule has 1 atom stereocenters. The molecule has 0 saturated heterocycles. The van der Waals surface area contributed by atoms with Gasteiger partial charge >= 0.3 is 0 Å². The summed E-state index contributed by atoms with van der Waals surface area (Å²) < 4.78 is 0. The van der Waals surface area contributed by atoms with Gasteiger partial charge in [0.25, 0.3) is 0 Å². The molecule has 1 unspecified atom stereocenters. The SMILES string of the molecule is CCCN(CCC)c1cccc(C(C)NCC)c1. The predicted octanol–water partition coefficient (Wildman–Crippen LogP) is 3.98. The van der Waals surface area contributed by atoms with Crippen LogP contribution in [0.3, 0.4) is 0 Å². The van der Waals surface area contributed by atoms with Gasteiger partial charge in [-0.3, -0.25) is 0 Å². The van der Waals surface area contributed by atoms with Crippen LogP contribution >= 0.6 is 0 Å². The fourth-order valence-electron chi connectivity index (χ4n) is 2.32. The van der Waals surface area contributed by atoms with Crippen LogP contribution in [0.5, 0.6) is 0 Å². The van der Waals surface area contributed by atoms with Gasteiger partial charge in [-0.2, -0.15) is 0 Å². The quantitative estimate of drug-likeness (QED) is 0.748. The Balaban J connectivity index is 2.84. The van der Waals surface area contributed by atoms with Crippen LogP contribution in [0.1, 0.15) is 52.1 Å². The highest BCUT2D eigenvalue weighted by molar-refractivity contribution is 5.49. The molecule has 0 aliphatic rings. The van der Waals surface area contributed by atoms with Crippen LogP contribution in [0, 0.1) is 0 Å². The van der Waals surface area contributed by atoms with Crippen LogP contribution in [0.25, 0.3) is 0 Å². The van der Waals surface area contributed by atoms with Crippen LogP contribution in [0.4, 0.5) is 5.69 Å². The summed E-state index contributed by atoms with van der Waals surface area (Å²) in [5.41, 5.74) is 2.74. The number of benzene rings is 1. The largest absolute Gasteiger partial charge is 0.372 e. The van der Waals surface area contributed by atoms with Crippen molar-refractivity contribution < 1.29 is 0 Å². The Morgan fingerprint density at radius 2 is 1.78 bits per heavy atom. The van der Waals surface area contributed by atoms with E-state index in [9.17, 15) is 0 Å². The molecule has 1 rings (SSSR count). The normalized spacial score (nSPS) is 12.4. The van der Waals surface area contributed by atoms with E-state index in [0.717, 1.165) is 19.6 Å². The third-order valence-corrected chi connectivity index (χ3v) is 3.23. The molecule has 2 nitrogen and oxygen atoms in total. The molecule has 1 N–H and O–H groups in total. The summed E-state index contributed by atoms with van der Waals surface area (Å²) in [6, 6.07) is 9.38. The highest BCUT2D eigenvalue weighted by atomic mass is 15.1. The van der Waals surface area contributed by atoms with E-state index in [1.807, 2.05) is 0 Å². The van der Waals surface area contributed by atoms with Gasteiger partial charge in [0.05, 0.1) is 0 Å². The number of anilines is 1. The van der Waals surface area contributed by atoms with Gasteiger partial charge in [-0.15, -0.1) is 0 Å². The van der Waals surface area contributed by atoms with Gasteiger partial charge in [0, 0.05) is 24.8 Å². The molecular formula is C16H28N2. The first-order chi connectivity index (χ1) is 8.72. The molecule has 0 bridgehead atoms. The second-order valence-corrected chi connectivity index (χ2v) is 4.86. The first-order valence-electron chi connectivity index (χ1n) is 7.31. The molecule has 0 aromatic heterocycles. The van der Waals surface area contributed by atoms with E-state index in [1.54, 1.807) is 0 Å². The topological polar surface area (TPSA) is 15.3 Å². The molecule has 18 heavy (non-hydrogen) atoms. The number of hydrogen-bond donors (Lipinski definition) is 1. The smallest absolute Gasteiger partial charge is 0.0369 e. The minimum atomic E-state index is 0.431. The monoisotopic (exact) mass is 248 g/mol. The van der Waals surface area contributed by atoms with E-state index < -0.39 is 0 Å². The Morgan fingerprint density at radius 3 is 2.33 bits per heavy atom. The summed E-state index contributed by atoms with van der Waals surface area (Å²) >= 11 is 0. The Labute approximate surface area is 112 Å². The molecule has 0 fully saturated rings. The molecule has 1 aromatic carbocycles. The van der Waals surface area contributed by atoms with Crippen LogP contribution in [0.2, 0.25) is 0 Å². The summed E-state index contributed by atoms with van der Waals surface area (Å²) in [5, 5.41) is 3.47. The summed E-state index contributed by atoms with van der Waals surface area (Å²) in [4.78, 5) is 2.49. The molecule has 0 aliphatic carbocycles. The van der Waals surface area contributed by atoms with Crippen LogP contribution in [-0.2, 0) is 0 Å². The highest BCUT2D eigenvalue weighted by Gasteiger charge is 2.08. The third kappa shape index (κ3) is 4.34. The number of nitrogens with one attached hydrogen (secondary N) is 1. The lowest BCUT2D eigenvalue weighted by atomic mass is 10.1. The van der Waals surface area contributed by atoms with E-state index in [4.69, 9.17) is 0 Å². The van der Waals surface area contributed by atoms with Crippen molar-refractivity contribution in [1.82, 2.24) is 5.32 Å². The molecular weight excluding hydrogens is 220 g/mol. The first kappa shape index (κ1) is 15.0. The fourth-order valence-corrected chi connectivity index (χ4v) is 2.32. The van der Waals surface area contributed by atoms with E-state index in [-0.39, 0.29) is 0 Å². The van der Waals surface area contributed by atoms with Crippen molar-refractivity contribution in [2.24, 2.45) is 0 Å². The van der Waals surface area contributed by atoms with E-state index in [1.165, 1.54) is 24.1 Å². The minimum absolute atomic E-state index is 0.431. The zero-order valence-corrected chi connectivity index (χ0v) is 12.4. The molecule has 0 spiro atoms. The van der Waals surface area contributed by atoms with Gasteiger partial charge in [-0.1, -0.05) is 32.9 Å². The Hall–Kier alpha value is -1.02. The molecule has 0 heterocycles. The van der Waals surface area contributed by atoms with Crippen molar-refractivity contribution in [3.63, 3.8) is 0 Å². The van der Waals surface area contributed by atoms with Gasteiger partial charge < -0.3 is 10.2 Å². The Morgan fingerprint density at radius 1 is 1.11 bits per heavy atom. The van der Waals surface area contributed by atoms with Crippen molar-refractivity contribution in [3.05, 3.63) is 29.8 Å². The summed E-state index contributed by atoms with van der Waals surface area (Å²) in [6.45, 7) is 12.2. The van der Waals surface area contributed by atoms with Crippen molar-refractivity contribution in [2.75, 3.05) is 24.5 Å². The molecule has 0 saturated carbocycles. The molecule has 1 aromatic rings. The van der Waals surface area contributed by atoms with Crippen molar-refractivity contribution >= 4 is 5.69 Å². The number of nitrogens with zero attached hydrogens (tertiary/aromatic N) is 1. The number of hydrogen-bond acceptors (Lipinski definition) is 2. The van der Waals surface area contributed by atoms with E-state index in [2.05, 4.69) is 62.2 Å². The third-order valence-electron chi connectivity index (χ3n) is 3.23. The molecule has 102 valence electrons. The molecule has 0 aliphatic heterocycles. The standard InChI is InChI=1S/C16H28N2/c1-5-11-18(12-6-2)16-10-8-9-15(13-16)14(4)17-7-3/h8-10,13-14,17H,5-7,11-12H2,1-4H3. The van der Waals surface area contributed by atoms with Crippen molar-refractivity contribution in [1.29, 1.82) is 0 Å². The summed E-state index contributed by atoms with van der Waals surface area (Å²) in [7, 11) is 0. The van der Waals surface area contributed by atoms with Crippen molar-refractivity contribution in [2.45, 2.75) is 46.6 Å². The average molecular weight is 248 g/mol. The van der Waals surface area contributed by atoms with Gasteiger partial charge in [0.15, 0.2) is 0 Å². The minimum Gasteiger partial charge on any atom is -0.372 e. The highest BCUT2D eigenvalue weighted by Crippen LogP contribution is 2.21. The maximum absolute atomic E-state index is 3.47. The van der Waals surface area contributed by atoms with E-state index in [0.29, 0.717) is 6.04 Å². The fraction of sp³-hybridized carbons (Fsp3) is 0.625. The molecule has 0 amide bonds. The van der Waals surface area contributed by atoms with Gasteiger partial charge in [0.1, 0.15) is 0 Å². The molecule has 0 radical (unpaired) electrons. The first-order valence-corrected chi connectivity index (χ1v) is 7.31. The second kappa shape index (κ2) is 8.15. The lowest BCUT2D eigenvalue weighted by Crippen LogP contribution is -2.25. The maximum Gasteiger partial charge on any atom is 0.0369 e. The predicted molar refractivity (Wildman–Crippen MR) is 81.3 cm³/mol. The summed E-state index contributed by atoms with van der Waals surface area (Å²) in [6.07, 6.45) is 2.40. The van der Waals surface area contributed by atoms with Crippen LogP contribution in [-0.4, -0.2) is 19.6 Å². The van der Waals surface area contributed by atoms with Crippen LogP contribution < -0.4 is 10.2 Å². The van der Waals surface area contributed by atoms with Crippen molar-refractivity contribution in [3.8, 4) is 0 Å². The van der Waals surface area contributed by atoms with Gasteiger partial charge in [0.2, 0.25) is 0 Å². The zero-order valence-electron chi connectivity index (χ0n) is 12.4. The van der Waals surface area contributed by atoms with Crippen LogP contribution in [0.15, 0.2) is 24.3 Å². The van der Waals surface area contributed by atoms with Gasteiger partial charge in [-0.25, -0.2) is 0 Å². The summed E-state index contributed by atoms with van der Waals surface area (Å²) in [5.74, 6) is 0. The van der Waals surface area contributed by atoms with E-state index >= 15 is 0 Å². The average Bonchev–Trinajstić information content (AvgIpc) is 2.39. The lowest BCUT2D eigenvalue weighted by Gasteiger charge is -2.25. The van der Waals surface area contributed by atoms with Gasteiger partial charge in [-0.05, 0) is 44.0 Å². The zero-order chi connectivity index (χ0) is 13.4. The second-order valence-electron chi connectivity index (χ2n) is 4.86.